The van der Waals surface area contributed by atoms with Gasteiger partial charge in [-0.05, 0) is 42.4 Å². The number of likely N-dealkylation sites (N-methyl/N-ethyl adjacent to an activating group) is 1. The Labute approximate surface area is 260 Å². The third kappa shape index (κ3) is 6.55. The second-order valence-electron chi connectivity index (χ2n) is 10.3. The fraction of sp³-hybridized carbons (Fsp3) is 0.281. The number of nitrogens with one attached hydrogen (secondary N) is 1. The van der Waals surface area contributed by atoms with Crippen molar-refractivity contribution in [2.45, 2.75) is 12.5 Å². The third-order valence-electron chi connectivity index (χ3n) is 7.61. The molecule has 224 valence electrons. The van der Waals surface area contributed by atoms with Crippen LogP contribution in [0.5, 0.6) is 11.5 Å². The lowest BCUT2D eigenvalue weighted by Gasteiger charge is -2.34. The number of aliphatic hydroxyl groups is 1. The predicted molar refractivity (Wildman–Crippen MR) is 171 cm³/mol. The Morgan fingerprint density at radius 2 is 1.77 bits per heavy atom. The number of hydrogen-bond acceptors (Lipinski definition) is 8. The second-order valence-corrected chi connectivity index (χ2v) is 11.1. The zero-order valence-corrected chi connectivity index (χ0v) is 25.7. The van der Waals surface area contributed by atoms with Crippen LogP contribution in [-0.4, -0.2) is 73.3 Å². The van der Waals surface area contributed by atoms with E-state index in [0.717, 1.165) is 42.8 Å². The SMILES string of the molecule is C=CC(=O)Nc1cc(N2CCN(C)CC2)ccc1Cc1ncc2ccc(C(O)c3c(Cl)c(OC)cc(OC)c3Cl)cc2n1. The highest BCUT2D eigenvalue weighted by Crippen LogP contribution is 2.45. The van der Waals surface area contributed by atoms with Crippen LogP contribution in [-0.2, 0) is 11.2 Å². The van der Waals surface area contributed by atoms with Crippen molar-refractivity contribution >= 4 is 51.4 Å². The number of anilines is 2. The van der Waals surface area contributed by atoms with Crippen LogP contribution >= 0.6 is 23.2 Å². The highest BCUT2D eigenvalue weighted by molar-refractivity contribution is 6.38. The van der Waals surface area contributed by atoms with Crippen molar-refractivity contribution in [3.05, 3.63) is 93.9 Å². The van der Waals surface area contributed by atoms with E-state index in [1.165, 1.54) is 20.3 Å². The molecular formula is C32H33Cl2N5O4. The predicted octanol–water partition coefficient (Wildman–Crippen LogP) is 5.50. The number of hydrogen-bond donors (Lipinski definition) is 2. The summed E-state index contributed by atoms with van der Waals surface area (Å²) >= 11 is 13.1. The molecule has 3 aromatic carbocycles. The van der Waals surface area contributed by atoms with Crippen LogP contribution in [0.15, 0.2) is 61.3 Å². The molecule has 0 spiro atoms. The van der Waals surface area contributed by atoms with Gasteiger partial charge < -0.3 is 29.7 Å². The smallest absolute Gasteiger partial charge is 0.247 e. The van der Waals surface area contributed by atoms with Crippen LogP contribution in [0.2, 0.25) is 10.0 Å². The summed E-state index contributed by atoms with van der Waals surface area (Å²) in [6.07, 6.45) is 2.20. The van der Waals surface area contributed by atoms with Crippen molar-refractivity contribution < 1.29 is 19.4 Å². The molecule has 0 aliphatic carbocycles. The van der Waals surface area contributed by atoms with E-state index in [9.17, 15) is 9.90 Å². The van der Waals surface area contributed by atoms with Crippen LogP contribution in [0.4, 0.5) is 11.4 Å². The summed E-state index contributed by atoms with van der Waals surface area (Å²) in [4.78, 5) is 26.3. The minimum Gasteiger partial charge on any atom is -0.495 e. The van der Waals surface area contributed by atoms with Gasteiger partial charge in [0.05, 0.1) is 29.8 Å². The number of carbonyl (C=O) groups excluding carboxylic acids is 1. The Kier molecular flexibility index (Phi) is 9.37. The number of rotatable bonds is 9. The Morgan fingerprint density at radius 1 is 1.07 bits per heavy atom. The Morgan fingerprint density at radius 3 is 2.42 bits per heavy atom. The van der Waals surface area contributed by atoms with Crippen LogP contribution in [0.25, 0.3) is 10.9 Å². The quantitative estimate of drug-likeness (QED) is 0.236. The van der Waals surface area contributed by atoms with Gasteiger partial charge in [0.15, 0.2) is 0 Å². The Hall–Kier alpha value is -3.89. The maximum atomic E-state index is 12.3. The van der Waals surface area contributed by atoms with Crippen molar-refractivity contribution in [1.29, 1.82) is 0 Å². The minimum atomic E-state index is -1.17. The lowest BCUT2D eigenvalue weighted by atomic mass is 9.99. The summed E-state index contributed by atoms with van der Waals surface area (Å²) in [6.45, 7) is 7.36. The molecule has 1 unspecified atom stereocenters. The van der Waals surface area contributed by atoms with E-state index in [2.05, 4.69) is 39.8 Å². The number of fused-ring (bicyclic) bond motifs is 1. The van der Waals surface area contributed by atoms with E-state index in [0.29, 0.717) is 40.5 Å². The first-order valence-corrected chi connectivity index (χ1v) is 14.5. The lowest BCUT2D eigenvalue weighted by molar-refractivity contribution is -0.111. The van der Waals surface area contributed by atoms with Crippen molar-refractivity contribution in [1.82, 2.24) is 14.9 Å². The fourth-order valence-corrected chi connectivity index (χ4v) is 5.80. The molecule has 43 heavy (non-hydrogen) atoms. The second kappa shape index (κ2) is 13.2. The molecule has 1 fully saturated rings. The van der Waals surface area contributed by atoms with Gasteiger partial charge in [0.1, 0.15) is 23.4 Å². The van der Waals surface area contributed by atoms with Crippen molar-refractivity contribution in [3.8, 4) is 11.5 Å². The third-order valence-corrected chi connectivity index (χ3v) is 8.39. The van der Waals surface area contributed by atoms with Crippen LogP contribution in [0.3, 0.4) is 0 Å². The van der Waals surface area contributed by atoms with Gasteiger partial charge in [0.2, 0.25) is 5.91 Å². The summed E-state index contributed by atoms with van der Waals surface area (Å²) in [5, 5.41) is 15.5. The van der Waals surface area contributed by atoms with Gasteiger partial charge in [-0.25, -0.2) is 9.97 Å². The number of carbonyl (C=O) groups is 1. The molecule has 2 heterocycles. The highest BCUT2D eigenvalue weighted by Gasteiger charge is 2.25. The van der Waals surface area contributed by atoms with Gasteiger partial charge in [-0.1, -0.05) is 48.0 Å². The molecule has 2 N–H and O–H groups in total. The van der Waals surface area contributed by atoms with Crippen LogP contribution < -0.4 is 19.7 Å². The Balaban J connectivity index is 1.47. The molecule has 1 aromatic heterocycles. The normalized spacial score (nSPS) is 14.4. The number of ether oxygens (including phenoxy) is 2. The fourth-order valence-electron chi connectivity index (χ4n) is 5.10. The first-order valence-electron chi connectivity index (χ1n) is 13.8. The summed E-state index contributed by atoms with van der Waals surface area (Å²) in [5.74, 6) is 0.932. The number of aromatic nitrogens is 2. The number of methoxy groups -OCH3 is 2. The van der Waals surface area contributed by atoms with Gasteiger partial charge in [0.25, 0.3) is 0 Å². The van der Waals surface area contributed by atoms with E-state index in [4.69, 9.17) is 37.7 Å². The zero-order valence-electron chi connectivity index (χ0n) is 24.2. The molecule has 1 amide bonds. The topological polar surface area (TPSA) is 100 Å². The van der Waals surface area contributed by atoms with E-state index in [1.54, 1.807) is 24.4 Å². The van der Waals surface area contributed by atoms with E-state index in [1.807, 2.05) is 18.2 Å². The maximum absolute atomic E-state index is 12.3. The van der Waals surface area contributed by atoms with Crippen molar-refractivity contribution in [3.63, 3.8) is 0 Å². The minimum absolute atomic E-state index is 0.193. The van der Waals surface area contributed by atoms with Gasteiger partial charge >= 0.3 is 0 Å². The molecule has 0 saturated carbocycles. The molecule has 1 saturated heterocycles. The molecule has 0 bridgehead atoms. The average molecular weight is 623 g/mol. The van der Waals surface area contributed by atoms with Gasteiger partial charge in [-0.15, -0.1) is 0 Å². The number of amides is 1. The van der Waals surface area contributed by atoms with E-state index in [-0.39, 0.29) is 21.5 Å². The molecule has 4 aromatic rings. The average Bonchev–Trinajstić information content (AvgIpc) is 3.02. The molecule has 9 nitrogen and oxygen atoms in total. The maximum Gasteiger partial charge on any atom is 0.247 e. The van der Waals surface area contributed by atoms with E-state index < -0.39 is 6.10 Å². The largest absolute Gasteiger partial charge is 0.495 e. The molecule has 1 aliphatic rings. The summed E-state index contributed by atoms with van der Waals surface area (Å²) in [7, 11) is 5.07. The summed E-state index contributed by atoms with van der Waals surface area (Å²) < 4.78 is 10.7. The molecule has 1 atom stereocenters. The van der Waals surface area contributed by atoms with Crippen LogP contribution in [0.1, 0.15) is 28.6 Å². The summed E-state index contributed by atoms with van der Waals surface area (Å²) in [6, 6.07) is 13.0. The van der Waals surface area contributed by atoms with E-state index >= 15 is 0 Å². The van der Waals surface area contributed by atoms with Gasteiger partial charge in [-0.2, -0.15) is 0 Å². The molecule has 0 radical (unpaired) electrons. The lowest BCUT2D eigenvalue weighted by Crippen LogP contribution is -2.44. The Bertz CT molecular complexity index is 1650. The van der Waals surface area contributed by atoms with Crippen molar-refractivity contribution in [2.75, 3.05) is 57.7 Å². The molecule has 11 heteroatoms. The monoisotopic (exact) mass is 621 g/mol. The summed E-state index contributed by atoms with van der Waals surface area (Å²) in [5.41, 5.74) is 4.04. The number of benzene rings is 3. The first-order chi connectivity index (χ1) is 20.7. The first kappa shape index (κ1) is 30.6. The van der Waals surface area contributed by atoms with Crippen LogP contribution in [0, 0.1) is 0 Å². The number of piperazine rings is 1. The highest BCUT2D eigenvalue weighted by atomic mass is 35.5. The molecule has 1 aliphatic heterocycles. The van der Waals surface area contributed by atoms with Gasteiger partial charge in [0, 0.05) is 67.2 Å². The number of nitrogens with zero attached hydrogens (tertiary/aromatic N) is 4. The number of halogens is 2. The standard InChI is InChI=1S/C32H33Cl2N5O4/c1-5-28(40)37-24-16-22(39-12-10-38(2)11-13-39)9-8-19(24)15-27-35-18-21-7-6-20(14-23(21)36-27)32(41)29-30(33)25(42-3)17-26(43-4)31(29)34/h5-9,14,16-18,32,41H,1,10-13,15H2,2-4H3,(H,37,40). The molecular weight excluding hydrogens is 589 g/mol. The van der Waals surface area contributed by atoms with Gasteiger partial charge in [-0.3, -0.25) is 4.79 Å². The van der Waals surface area contributed by atoms with Crippen molar-refractivity contribution in [2.24, 2.45) is 0 Å². The molecule has 5 rings (SSSR count). The zero-order chi connectivity index (χ0) is 30.7. The number of aliphatic hydroxyl groups excluding tert-OH is 1.